The first-order valence-corrected chi connectivity index (χ1v) is 8.82. The second-order valence-corrected chi connectivity index (χ2v) is 8.54. The van der Waals surface area contributed by atoms with Gasteiger partial charge in [-0.15, -0.1) is 0 Å². The Morgan fingerprint density at radius 3 is 2.59 bits per heavy atom. The Morgan fingerprint density at radius 1 is 1.05 bits per heavy atom. The van der Waals surface area contributed by atoms with Crippen LogP contribution in [0.2, 0.25) is 0 Å². The average Bonchev–Trinajstić information content (AvgIpc) is 2.72. The van der Waals surface area contributed by atoms with Gasteiger partial charge in [0, 0.05) is 11.8 Å². The van der Waals surface area contributed by atoms with Crippen molar-refractivity contribution in [2.75, 3.05) is 0 Å². The number of rotatable bonds is 0. The molecule has 0 heterocycles. The molecular weight excluding hydrogens is 276 g/mol. The predicted octanol–water partition coefficient (Wildman–Crippen LogP) is 3.06. The fraction of sp³-hybridized carbons (Fsp3) is 0.789. The molecule has 4 aliphatic carbocycles. The van der Waals surface area contributed by atoms with E-state index in [-0.39, 0.29) is 22.4 Å². The van der Waals surface area contributed by atoms with Gasteiger partial charge in [-0.1, -0.05) is 19.4 Å². The zero-order valence-corrected chi connectivity index (χ0v) is 13.6. The van der Waals surface area contributed by atoms with Crippen molar-refractivity contribution in [2.45, 2.75) is 64.9 Å². The summed E-state index contributed by atoms with van der Waals surface area (Å²) in [6.07, 6.45) is 7.54. The number of Topliss-reactive ketones (excluding diaryl/α,β-unsaturated/α-hetero) is 1. The van der Waals surface area contributed by atoms with Gasteiger partial charge in [-0.25, -0.2) is 0 Å². The molecule has 0 bridgehead atoms. The van der Waals surface area contributed by atoms with Crippen LogP contribution in [-0.2, 0) is 9.59 Å². The molecule has 1 N–H and O–H groups in total. The van der Waals surface area contributed by atoms with Gasteiger partial charge < -0.3 is 5.11 Å². The monoisotopic (exact) mass is 302 g/mol. The van der Waals surface area contributed by atoms with Gasteiger partial charge in [0.25, 0.3) is 0 Å². The molecule has 0 aromatic rings. The highest BCUT2D eigenvalue weighted by molar-refractivity contribution is 5.92. The quantitative estimate of drug-likeness (QED) is 0.748. The van der Waals surface area contributed by atoms with Gasteiger partial charge in [-0.05, 0) is 67.8 Å². The van der Waals surface area contributed by atoms with Crippen LogP contribution in [0.5, 0.6) is 0 Å². The zero-order valence-electron chi connectivity index (χ0n) is 13.6. The second-order valence-electron chi connectivity index (χ2n) is 8.54. The van der Waals surface area contributed by atoms with E-state index in [9.17, 15) is 14.7 Å². The normalized spacial score (nSPS) is 51.0. The lowest BCUT2D eigenvalue weighted by atomic mass is 9.47. The number of allylic oxidation sites excluding steroid dienone is 1. The smallest absolute Gasteiger partial charge is 0.167 e. The van der Waals surface area contributed by atoms with Crippen LogP contribution in [0.1, 0.15) is 58.8 Å². The zero-order chi connectivity index (χ0) is 15.7. The molecule has 3 fully saturated rings. The maximum Gasteiger partial charge on any atom is 0.167 e. The summed E-state index contributed by atoms with van der Waals surface area (Å²) in [5.74, 6) is 1.83. The lowest BCUT2D eigenvalue weighted by Gasteiger charge is -2.56. The van der Waals surface area contributed by atoms with E-state index in [0.29, 0.717) is 30.6 Å². The van der Waals surface area contributed by atoms with Gasteiger partial charge in [-0.2, -0.15) is 0 Å². The SMILES string of the molecule is CC12CCC3C(CCC4=CC(=O)CCC43C)C1CC(O)C2=O. The van der Waals surface area contributed by atoms with Crippen molar-refractivity contribution in [3.8, 4) is 0 Å². The molecule has 3 nitrogen and oxygen atoms in total. The van der Waals surface area contributed by atoms with E-state index in [2.05, 4.69) is 13.8 Å². The Labute approximate surface area is 132 Å². The maximum absolute atomic E-state index is 12.4. The number of carbonyl (C=O) groups is 2. The number of hydrogen-bond acceptors (Lipinski definition) is 3. The summed E-state index contributed by atoms with van der Waals surface area (Å²) in [4.78, 5) is 24.2. The van der Waals surface area contributed by atoms with Crippen LogP contribution in [0.25, 0.3) is 0 Å². The summed E-state index contributed by atoms with van der Waals surface area (Å²) in [6.45, 7) is 4.43. The van der Waals surface area contributed by atoms with Crippen LogP contribution in [0.4, 0.5) is 0 Å². The van der Waals surface area contributed by atoms with Crippen molar-refractivity contribution >= 4 is 11.6 Å². The Hall–Kier alpha value is -0.960. The lowest BCUT2D eigenvalue weighted by Crippen LogP contribution is -2.50. The molecular formula is C19H26O3. The first-order chi connectivity index (χ1) is 10.4. The second kappa shape index (κ2) is 4.53. The van der Waals surface area contributed by atoms with E-state index < -0.39 is 6.10 Å². The minimum atomic E-state index is -0.744. The highest BCUT2D eigenvalue weighted by Gasteiger charge is 2.61. The fourth-order valence-corrected chi connectivity index (χ4v) is 6.35. The van der Waals surface area contributed by atoms with Crippen molar-refractivity contribution < 1.29 is 14.7 Å². The third-order valence-corrected chi connectivity index (χ3v) is 7.69. The summed E-state index contributed by atoms with van der Waals surface area (Å²) in [5.41, 5.74) is 1.20. The highest BCUT2D eigenvalue weighted by atomic mass is 16.3. The van der Waals surface area contributed by atoms with Crippen molar-refractivity contribution in [1.29, 1.82) is 0 Å². The number of ketones is 2. The van der Waals surface area contributed by atoms with Gasteiger partial charge in [0.2, 0.25) is 0 Å². The van der Waals surface area contributed by atoms with Crippen molar-refractivity contribution in [3.63, 3.8) is 0 Å². The Bertz CT molecular complexity index is 577. The lowest BCUT2D eigenvalue weighted by molar-refractivity contribution is -0.137. The first-order valence-electron chi connectivity index (χ1n) is 8.82. The summed E-state index contributed by atoms with van der Waals surface area (Å²) < 4.78 is 0. The first kappa shape index (κ1) is 14.6. The van der Waals surface area contributed by atoms with Gasteiger partial charge in [0.15, 0.2) is 11.6 Å². The van der Waals surface area contributed by atoms with E-state index in [1.165, 1.54) is 5.57 Å². The van der Waals surface area contributed by atoms with Gasteiger partial charge in [0.05, 0.1) is 0 Å². The van der Waals surface area contributed by atoms with E-state index in [0.717, 1.165) is 32.1 Å². The van der Waals surface area contributed by atoms with E-state index in [4.69, 9.17) is 0 Å². The predicted molar refractivity (Wildman–Crippen MR) is 83.1 cm³/mol. The van der Waals surface area contributed by atoms with E-state index >= 15 is 0 Å². The molecule has 6 atom stereocenters. The molecule has 0 amide bonds. The molecule has 0 saturated heterocycles. The third kappa shape index (κ3) is 1.72. The molecule has 4 rings (SSSR count). The topological polar surface area (TPSA) is 54.4 Å². The molecule has 0 aromatic heterocycles. The number of fused-ring (bicyclic) bond motifs is 5. The van der Waals surface area contributed by atoms with Gasteiger partial charge in [-0.3, -0.25) is 9.59 Å². The van der Waals surface area contributed by atoms with E-state index in [1.54, 1.807) is 0 Å². The molecule has 0 radical (unpaired) electrons. The molecule has 4 aliphatic rings. The molecule has 3 heteroatoms. The standard InChI is InChI=1S/C19H26O3/c1-18-7-5-12(20)9-11(18)3-4-13-14(18)6-8-19(2)15(13)10-16(21)17(19)22/h9,13-16,21H,3-8,10H2,1-2H3. The summed E-state index contributed by atoms with van der Waals surface area (Å²) in [5, 5.41) is 10.1. The molecule has 0 aliphatic heterocycles. The fourth-order valence-electron chi connectivity index (χ4n) is 6.35. The van der Waals surface area contributed by atoms with Crippen LogP contribution < -0.4 is 0 Å². The molecule has 120 valence electrons. The third-order valence-electron chi connectivity index (χ3n) is 7.69. The van der Waals surface area contributed by atoms with Gasteiger partial charge in [0.1, 0.15) is 6.10 Å². The Balaban J connectivity index is 1.70. The van der Waals surface area contributed by atoms with E-state index in [1.807, 2.05) is 6.08 Å². The highest BCUT2D eigenvalue weighted by Crippen LogP contribution is 2.64. The van der Waals surface area contributed by atoms with Crippen LogP contribution in [-0.4, -0.2) is 22.8 Å². The summed E-state index contributed by atoms with van der Waals surface area (Å²) in [6, 6.07) is 0. The number of carbonyl (C=O) groups excluding carboxylic acids is 2. The number of hydrogen-bond donors (Lipinski definition) is 1. The van der Waals surface area contributed by atoms with Crippen molar-refractivity contribution in [3.05, 3.63) is 11.6 Å². The molecule has 0 aromatic carbocycles. The largest absolute Gasteiger partial charge is 0.385 e. The van der Waals surface area contributed by atoms with Crippen molar-refractivity contribution in [2.24, 2.45) is 28.6 Å². The summed E-state index contributed by atoms with van der Waals surface area (Å²) in [7, 11) is 0. The van der Waals surface area contributed by atoms with Gasteiger partial charge >= 0.3 is 0 Å². The Kier molecular flexibility index (Phi) is 3.01. The van der Waals surface area contributed by atoms with Crippen LogP contribution in [0, 0.1) is 28.6 Å². The molecule has 22 heavy (non-hydrogen) atoms. The number of aliphatic hydroxyl groups is 1. The minimum absolute atomic E-state index is 0.0845. The van der Waals surface area contributed by atoms with Crippen molar-refractivity contribution in [1.82, 2.24) is 0 Å². The maximum atomic E-state index is 12.4. The molecule has 3 saturated carbocycles. The molecule has 0 spiro atoms. The summed E-state index contributed by atoms with van der Waals surface area (Å²) >= 11 is 0. The average molecular weight is 302 g/mol. The van der Waals surface area contributed by atoms with Crippen LogP contribution in [0.3, 0.4) is 0 Å². The minimum Gasteiger partial charge on any atom is -0.385 e. The van der Waals surface area contributed by atoms with Crippen LogP contribution >= 0.6 is 0 Å². The van der Waals surface area contributed by atoms with Crippen LogP contribution in [0.15, 0.2) is 11.6 Å². The Morgan fingerprint density at radius 2 is 1.82 bits per heavy atom. The molecule has 6 unspecified atom stereocenters. The number of aliphatic hydroxyl groups excluding tert-OH is 1.